The molecule has 0 unspecified atom stereocenters. The third kappa shape index (κ3) is 4.65. The van der Waals surface area contributed by atoms with Crippen molar-refractivity contribution in [2.75, 3.05) is 36.9 Å². The van der Waals surface area contributed by atoms with Gasteiger partial charge >= 0.3 is 0 Å². The molecule has 0 saturated carbocycles. The molecule has 4 nitrogen and oxygen atoms in total. The molecule has 1 aromatic heterocycles. The van der Waals surface area contributed by atoms with Gasteiger partial charge in [-0.05, 0) is 19.9 Å². The molecule has 1 heterocycles. The van der Waals surface area contributed by atoms with Gasteiger partial charge in [0.2, 0.25) is 0 Å². The summed E-state index contributed by atoms with van der Waals surface area (Å²) in [5, 5.41) is 6.44. The van der Waals surface area contributed by atoms with Crippen molar-refractivity contribution in [2.45, 2.75) is 13.8 Å². The van der Waals surface area contributed by atoms with Crippen LogP contribution in [-0.4, -0.2) is 31.3 Å². The van der Waals surface area contributed by atoms with Gasteiger partial charge in [0, 0.05) is 37.6 Å². The van der Waals surface area contributed by atoms with Gasteiger partial charge in [-0.15, -0.1) is 0 Å². The van der Waals surface area contributed by atoms with E-state index in [-0.39, 0.29) is 0 Å². The Morgan fingerprint density at radius 2 is 2.20 bits per heavy atom. The number of rotatable bonds is 7. The highest BCUT2D eigenvalue weighted by Gasteiger charge is 1.94. The van der Waals surface area contributed by atoms with Crippen LogP contribution in [0.2, 0.25) is 0 Å². The van der Waals surface area contributed by atoms with Crippen molar-refractivity contribution < 1.29 is 4.74 Å². The second-order valence-electron chi connectivity index (χ2n) is 3.08. The molecule has 0 radical (unpaired) electrons. The maximum Gasteiger partial charge on any atom is 0.127 e. The van der Waals surface area contributed by atoms with Gasteiger partial charge in [-0.25, -0.2) is 4.98 Å². The van der Waals surface area contributed by atoms with Crippen LogP contribution in [0.4, 0.5) is 11.5 Å². The minimum Gasteiger partial charge on any atom is -0.383 e. The molecule has 15 heavy (non-hydrogen) atoms. The normalized spacial score (nSPS) is 10.0. The van der Waals surface area contributed by atoms with E-state index >= 15 is 0 Å². The molecular weight excluding hydrogens is 190 g/mol. The lowest BCUT2D eigenvalue weighted by atomic mass is 10.4. The van der Waals surface area contributed by atoms with E-state index < -0.39 is 0 Å². The Labute approximate surface area is 91.1 Å². The quantitative estimate of drug-likeness (QED) is 0.674. The number of hydrogen-bond donors (Lipinski definition) is 2. The number of anilines is 2. The van der Waals surface area contributed by atoms with Gasteiger partial charge < -0.3 is 15.4 Å². The standard InChI is InChI=1S/C11H19N3O/c1-3-12-11-9-10(5-6-14-11)13-7-8-15-4-2/h5-6,9H,3-4,7-8H2,1-2H3,(H2,12,13,14). The highest BCUT2D eigenvalue weighted by Crippen LogP contribution is 2.10. The minimum atomic E-state index is 0.732. The third-order valence-corrected chi connectivity index (χ3v) is 1.90. The van der Waals surface area contributed by atoms with E-state index in [2.05, 4.69) is 22.5 Å². The highest BCUT2D eigenvalue weighted by atomic mass is 16.5. The Morgan fingerprint density at radius 1 is 1.33 bits per heavy atom. The molecule has 2 N–H and O–H groups in total. The Bertz CT molecular complexity index is 278. The van der Waals surface area contributed by atoms with Crippen molar-refractivity contribution in [2.24, 2.45) is 0 Å². The lowest BCUT2D eigenvalue weighted by Gasteiger charge is -2.08. The van der Waals surface area contributed by atoms with E-state index in [4.69, 9.17) is 4.74 Å². The van der Waals surface area contributed by atoms with Crippen molar-refractivity contribution in [1.82, 2.24) is 4.98 Å². The van der Waals surface area contributed by atoms with Gasteiger partial charge in [-0.3, -0.25) is 0 Å². The first-order valence-electron chi connectivity index (χ1n) is 5.38. The first-order valence-corrected chi connectivity index (χ1v) is 5.38. The summed E-state index contributed by atoms with van der Waals surface area (Å²) >= 11 is 0. The van der Waals surface area contributed by atoms with Crippen LogP contribution < -0.4 is 10.6 Å². The zero-order valence-corrected chi connectivity index (χ0v) is 9.42. The highest BCUT2D eigenvalue weighted by molar-refractivity contribution is 5.51. The molecule has 0 spiro atoms. The molecule has 0 atom stereocenters. The summed E-state index contributed by atoms with van der Waals surface area (Å²) < 4.78 is 5.24. The van der Waals surface area contributed by atoms with Gasteiger partial charge in [0.05, 0.1) is 6.61 Å². The topological polar surface area (TPSA) is 46.2 Å². The lowest BCUT2D eigenvalue weighted by molar-refractivity contribution is 0.158. The van der Waals surface area contributed by atoms with Crippen molar-refractivity contribution in [3.05, 3.63) is 18.3 Å². The van der Waals surface area contributed by atoms with Crippen LogP contribution >= 0.6 is 0 Å². The molecule has 0 aliphatic rings. The van der Waals surface area contributed by atoms with Crippen LogP contribution in [0, 0.1) is 0 Å². The van der Waals surface area contributed by atoms with Crippen LogP contribution in [0.15, 0.2) is 18.3 Å². The number of ether oxygens (including phenoxy) is 1. The summed E-state index contributed by atoms with van der Waals surface area (Å²) in [6, 6.07) is 3.95. The molecule has 0 saturated heterocycles. The number of hydrogen-bond acceptors (Lipinski definition) is 4. The third-order valence-electron chi connectivity index (χ3n) is 1.90. The molecule has 1 rings (SSSR count). The summed E-state index contributed by atoms with van der Waals surface area (Å²) in [5.41, 5.74) is 1.07. The average molecular weight is 209 g/mol. The molecule has 4 heteroatoms. The Hall–Kier alpha value is -1.29. The first-order chi connectivity index (χ1) is 7.36. The SMILES string of the molecule is CCNc1cc(NCCOCC)ccn1. The van der Waals surface area contributed by atoms with Crippen molar-refractivity contribution in [1.29, 1.82) is 0 Å². The van der Waals surface area contributed by atoms with Crippen molar-refractivity contribution in [3.63, 3.8) is 0 Å². The number of nitrogens with one attached hydrogen (secondary N) is 2. The van der Waals surface area contributed by atoms with Gasteiger partial charge in [0.25, 0.3) is 0 Å². The summed E-state index contributed by atoms with van der Waals surface area (Å²) in [4.78, 5) is 4.19. The smallest absolute Gasteiger partial charge is 0.127 e. The van der Waals surface area contributed by atoms with E-state index in [0.717, 1.165) is 37.8 Å². The fourth-order valence-electron chi connectivity index (χ4n) is 1.23. The van der Waals surface area contributed by atoms with Crippen LogP contribution in [0.5, 0.6) is 0 Å². The molecule has 0 aliphatic carbocycles. The average Bonchev–Trinajstić information content (AvgIpc) is 2.26. The monoisotopic (exact) mass is 209 g/mol. The zero-order chi connectivity index (χ0) is 10.9. The molecular formula is C11H19N3O. The first kappa shape index (κ1) is 11.8. The molecule has 1 aromatic rings. The number of pyridine rings is 1. The molecule has 0 bridgehead atoms. The van der Waals surface area contributed by atoms with Crippen molar-refractivity contribution >= 4 is 11.5 Å². The Kier molecular flexibility index (Phi) is 5.55. The molecule has 0 aliphatic heterocycles. The largest absolute Gasteiger partial charge is 0.383 e. The van der Waals surface area contributed by atoms with Crippen LogP contribution in [0.3, 0.4) is 0 Å². The van der Waals surface area contributed by atoms with E-state index in [1.54, 1.807) is 6.20 Å². The number of aromatic nitrogens is 1. The molecule has 0 fully saturated rings. The van der Waals surface area contributed by atoms with E-state index in [1.165, 1.54) is 0 Å². The zero-order valence-electron chi connectivity index (χ0n) is 9.42. The van der Waals surface area contributed by atoms with E-state index in [1.807, 2.05) is 19.1 Å². The minimum absolute atomic E-state index is 0.732. The maximum atomic E-state index is 5.24. The van der Waals surface area contributed by atoms with Crippen LogP contribution in [0.25, 0.3) is 0 Å². The second kappa shape index (κ2) is 7.06. The lowest BCUT2D eigenvalue weighted by Crippen LogP contribution is -2.09. The Balaban J connectivity index is 2.36. The maximum absolute atomic E-state index is 5.24. The fourth-order valence-corrected chi connectivity index (χ4v) is 1.23. The van der Waals surface area contributed by atoms with Gasteiger partial charge in [-0.1, -0.05) is 0 Å². The summed E-state index contributed by atoms with van der Waals surface area (Å²) in [7, 11) is 0. The predicted octanol–water partition coefficient (Wildman–Crippen LogP) is 1.96. The summed E-state index contributed by atoms with van der Waals surface area (Å²) in [5.74, 6) is 0.902. The van der Waals surface area contributed by atoms with Gasteiger partial charge in [0.1, 0.15) is 5.82 Å². The van der Waals surface area contributed by atoms with Gasteiger partial charge in [-0.2, -0.15) is 0 Å². The van der Waals surface area contributed by atoms with Gasteiger partial charge in [0.15, 0.2) is 0 Å². The number of nitrogens with zero attached hydrogens (tertiary/aromatic N) is 1. The molecule has 84 valence electrons. The fraction of sp³-hybridized carbons (Fsp3) is 0.545. The second-order valence-corrected chi connectivity index (χ2v) is 3.08. The molecule has 0 amide bonds. The van der Waals surface area contributed by atoms with Crippen LogP contribution in [0.1, 0.15) is 13.8 Å². The summed E-state index contributed by atoms with van der Waals surface area (Å²) in [6.45, 7) is 7.25. The predicted molar refractivity (Wildman–Crippen MR) is 63.4 cm³/mol. The Morgan fingerprint density at radius 3 is 2.93 bits per heavy atom. The van der Waals surface area contributed by atoms with Crippen LogP contribution in [-0.2, 0) is 4.74 Å². The molecule has 0 aromatic carbocycles. The van der Waals surface area contributed by atoms with Crippen molar-refractivity contribution in [3.8, 4) is 0 Å². The summed E-state index contributed by atoms with van der Waals surface area (Å²) in [6.07, 6.45) is 1.79. The van der Waals surface area contributed by atoms with E-state index in [9.17, 15) is 0 Å². The van der Waals surface area contributed by atoms with E-state index in [0.29, 0.717) is 0 Å².